The standard InChI is InChI=1S/C13H21N5S/c1-10(9-18-6-2-3-7-18)8-17-13-11(12(14)19)15-4-5-16-13/h4-5,10H,2-3,6-9H2,1H3,(H2,14,19)(H,16,17). The topological polar surface area (TPSA) is 67.1 Å². The lowest BCUT2D eigenvalue weighted by molar-refractivity contribution is 0.294. The molecule has 5 nitrogen and oxygen atoms in total. The molecule has 1 aliphatic heterocycles. The highest BCUT2D eigenvalue weighted by Crippen LogP contribution is 2.12. The number of nitrogens with two attached hydrogens (primary N) is 1. The van der Waals surface area contributed by atoms with E-state index in [4.69, 9.17) is 18.0 Å². The fraction of sp³-hybridized carbons (Fsp3) is 0.615. The first-order chi connectivity index (χ1) is 9.16. The minimum atomic E-state index is 0.280. The lowest BCUT2D eigenvalue weighted by atomic mass is 10.1. The molecule has 1 aliphatic rings. The summed E-state index contributed by atoms with van der Waals surface area (Å²) in [5.74, 6) is 1.24. The molecular weight excluding hydrogens is 258 g/mol. The molecule has 0 aliphatic carbocycles. The van der Waals surface area contributed by atoms with Crippen LogP contribution in [0.4, 0.5) is 5.82 Å². The van der Waals surface area contributed by atoms with Crippen LogP contribution in [0.1, 0.15) is 25.5 Å². The Morgan fingerprint density at radius 1 is 1.42 bits per heavy atom. The van der Waals surface area contributed by atoms with E-state index in [0.717, 1.165) is 13.1 Å². The Kier molecular flexibility index (Phi) is 5.04. The molecule has 6 heteroatoms. The molecule has 104 valence electrons. The Morgan fingerprint density at radius 3 is 2.79 bits per heavy atom. The van der Waals surface area contributed by atoms with Crippen LogP contribution in [0.2, 0.25) is 0 Å². The zero-order chi connectivity index (χ0) is 13.7. The second-order valence-corrected chi connectivity index (χ2v) is 5.55. The molecule has 2 heterocycles. The van der Waals surface area contributed by atoms with Crippen LogP contribution in [0.3, 0.4) is 0 Å². The van der Waals surface area contributed by atoms with Crippen molar-refractivity contribution in [2.45, 2.75) is 19.8 Å². The van der Waals surface area contributed by atoms with E-state index >= 15 is 0 Å². The van der Waals surface area contributed by atoms with Gasteiger partial charge in [0.05, 0.1) is 0 Å². The quantitative estimate of drug-likeness (QED) is 0.764. The molecule has 1 fully saturated rings. The van der Waals surface area contributed by atoms with E-state index in [1.165, 1.54) is 25.9 Å². The van der Waals surface area contributed by atoms with Crippen molar-refractivity contribution in [1.29, 1.82) is 0 Å². The zero-order valence-corrected chi connectivity index (χ0v) is 12.1. The molecule has 0 saturated carbocycles. The van der Waals surface area contributed by atoms with Gasteiger partial charge >= 0.3 is 0 Å². The predicted octanol–water partition coefficient (Wildman–Crippen LogP) is 1.25. The molecule has 1 aromatic rings. The third kappa shape index (κ3) is 4.11. The minimum absolute atomic E-state index is 0.280. The summed E-state index contributed by atoms with van der Waals surface area (Å²) < 4.78 is 0. The number of anilines is 1. The third-order valence-electron chi connectivity index (χ3n) is 3.32. The SMILES string of the molecule is CC(CNc1nccnc1C(N)=S)CN1CCCC1. The molecule has 1 saturated heterocycles. The molecule has 0 radical (unpaired) electrons. The van der Waals surface area contributed by atoms with Gasteiger partial charge in [0.25, 0.3) is 0 Å². The largest absolute Gasteiger partial charge is 0.388 e. The zero-order valence-electron chi connectivity index (χ0n) is 11.3. The van der Waals surface area contributed by atoms with Crippen LogP contribution in [0.5, 0.6) is 0 Å². The van der Waals surface area contributed by atoms with Gasteiger partial charge < -0.3 is 16.0 Å². The Balaban J connectivity index is 1.85. The lowest BCUT2D eigenvalue weighted by Gasteiger charge is -2.21. The first kappa shape index (κ1) is 14.1. The molecule has 0 aromatic carbocycles. The number of hydrogen-bond acceptors (Lipinski definition) is 5. The van der Waals surface area contributed by atoms with E-state index in [0.29, 0.717) is 17.4 Å². The van der Waals surface area contributed by atoms with Crippen LogP contribution in [0, 0.1) is 5.92 Å². The van der Waals surface area contributed by atoms with Gasteiger partial charge in [-0.15, -0.1) is 0 Å². The highest BCUT2D eigenvalue weighted by atomic mass is 32.1. The first-order valence-electron chi connectivity index (χ1n) is 6.74. The fourth-order valence-corrected chi connectivity index (χ4v) is 2.54. The van der Waals surface area contributed by atoms with Crippen molar-refractivity contribution in [3.63, 3.8) is 0 Å². The number of thiocarbonyl (C=S) groups is 1. The third-order valence-corrected chi connectivity index (χ3v) is 3.51. The number of nitrogens with zero attached hydrogens (tertiary/aromatic N) is 3. The summed E-state index contributed by atoms with van der Waals surface area (Å²) in [5.41, 5.74) is 6.21. The van der Waals surface area contributed by atoms with Gasteiger partial charge in [0.2, 0.25) is 0 Å². The number of rotatable bonds is 6. The van der Waals surface area contributed by atoms with Gasteiger partial charge in [0, 0.05) is 25.5 Å². The van der Waals surface area contributed by atoms with E-state index in [9.17, 15) is 0 Å². The Labute approximate surface area is 119 Å². The summed E-state index contributed by atoms with van der Waals surface area (Å²) in [6.07, 6.45) is 5.91. The van der Waals surface area contributed by atoms with Crippen molar-refractivity contribution in [2.24, 2.45) is 11.7 Å². The van der Waals surface area contributed by atoms with Crippen molar-refractivity contribution >= 4 is 23.0 Å². The van der Waals surface area contributed by atoms with Crippen molar-refractivity contribution in [1.82, 2.24) is 14.9 Å². The van der Waals surface area contributed by atoms with Crippen molar-refractivity contribution < 1.29 is 0 Å². The molecular formula is C13H21N5S. The minimum Gasteiger partial charge on any atom is -0.388 e. The Bertz CT molecular complexity index is 431. The first-order valence-corrected chi connectivity index (χ1v) is 7.14. The number of hydrogen-bond donors (Lipinski definition) is 2. The molecule has 1 unspecified atom stereocenters. The number of nitrogens with one attached hydrogen (secondary N) is 1. The fourth-order valence-electron chi connectivity index (χ4n) is 2.39. The molecule has 2 rings (SSSR count). The van der Waals surface area contributed by atoms with Gasteiger partial charge in [-0.05, 0) is 31.8 Å². The van der Waals surface area contributed by atoms with Crippen LogP contribution in [0.15, 0.2) is 12.4 Å². The van der Waals surface area contributed by atoms with E-state index in [2.05, 4.69) is 27.1 Å². The normalized spacial score (nSPS) is 17.3. The smallest absolute Gasteiger partial charge is 0.155 e. The summed E-state index contributed by atoms with van der Waals surface area (Å²) in [6.45, 7) is 6.67. The molecule has 0 amide bonds. The van der Waals surface area contributed by atoms with E-state index in [1.807, 2.05) is 0 Å². The van der Waals surface area contributed by atoms with Crippen LogP contribution in [-0.2, 0) is 0 Å². The van der Waals surface area contributed by atoms with Gasteiger partial charge in [-0.2, -0.15) is 0 Å². The van der Waals surface area contributed by atoms with Crippen LogP contribution in [-0.4, -0.2) is 46.0 Å². The Morgan fingerprint density at radius 2 is 2.11 bits per heavy atom. The van der Waals surface area contributed by atoms with Gasteiger partial charge in [-0.1, -0.05) is 19.1 Å². The van der Waals surface area contributed by atoms with Gasteiger partial charge in [0.1, 0.15) is 10.7 Å². The maximum Gasteiger partial charge on any atom is 0.155 e. The van der Waals surface area contributed by atoms with E-state index < -0.39 is 0 Å². The molecule has 0 spiro atoms. The summed E-state index contributed by atoms with van der Waals surface area (Å²) in [5, 5.41) is 3.30. The van der Waals surface area contributed by atoms with Crippen molar-refractivity contribution in [2.75, 3.05) is 31.5 Å². The number of likely N-dealkylation sites (tertiary alicyclic amines) is 1. The van der Waals surface area contributed by atoms with E-state index in [1.54, 1.807) is 12.4 Å². The lowest BCUT2D eigenvalue weighted by Crippen LogP contribution is -2.29. The van der Waals surface area contributed by atoms with Crippen LogP contribution < -0.4 is 11.1 Å². The van der Waals surface area contributed by atoms with Gasteiger partial charge in [-0.3, -0.25) is 0 Å². The second-order valence-electron chi connectivity index (χ2n) is 5.11. The molecule has 0 bridgehead atoms. The van der Waals surface area contributed by atoms with Gasteiger partial charge in [-0.25, -0.2) is 9.97 Å². The second kappa shape index (κ2) is 6.77. The summed E-state index contributed by atoms with van der Waals surface area (Å²) in [6, 6.07) is 0. The molecule has 3 N–H and O–H groups in total. The van der Waals surface area contributed by atoms with Crippen molar-refractivity contribution in [3.8, 4) is 0 Å². The maximum atomic E-state index is 5.63. The summed E-state index contributed by atoms with van der Waals surface area (Å²) >= 11 is 4.97. The molecule has 1 atom stereocenters. The Hall–Kier alpha value is -1.27. The molecule has 19 heavy (non-hydrogen) atoms. The van der Waals surface area contributed by atoms with E-state index in [-0.39, 0.29) is 4.99 Å². The predicted molar refractivity (Wildman–Crippen MR) is 81.2 cm³/mol. The summed E-state index contributed by atoms with van der Waals surface area (Å²) in [4.78, 5) is 11.2. The van der Waals surface area contributed by atoms with Crippen LogP contribution in [0.25, 0.3) is 0 Å². The maximum absolute atomic E-state index is 5.63. The highest BCUT2D eigenvalue weighted by Gasteiger charge is 2.15. The highest BCUT2D eigenvalue weighted by molar-refractivity contribution is 7.80. The van der Waals surface area contributed by atoms with Crippen LogP contribution >= 0.6 is 12.2 Å². The molecule has 1 aromatic heterocycles. The monoisotopic (exact) mass is 279 g/mol. The summed E-state index contributed by atoms with van der Waals surface area (Å²) in [7, 11) is 0. The average molecular weight is 279 g/mol. The average Bonchev–Trinajstić information content (AvgIpc) is 2.89. The van der Waals surface area contributed by atoms with Crippen molar-refractivity contribution in [3.05, 3.63) is 18.1 Å². The van der Waals surface area contributed by atoms with Gasteiger partial charge in [0.15, 0.2) is 5.82 Å². The number of aromatic nitrogens is 2.